The second kappa shape index (κ2) is 10.5. The highest BCUT2D eigenvalue weighted by Gasteiger charge is 2.25. The summed E-state index contributed by atoms with van der Waals surface area (Å²) in [6, 6.07) is 13.7. The molecule has 0 aliphatic heterocycles. The zero-order valence-electron chi connectivity index (χ0n) is 19.0. The van der Waals surface area contributed by atoms with Crippen LogP contribution in [0.15, 0.2) is 59.1 Å². The van der Waals surface area contributed by atoms with Crippen molar-refractivity contribution in [3.63, 3.8) is 0 Å². The number of amides is 2. The van der Waals surface area contributed by atoms with E-state index in [1.807, 2.05) is 0 Å². The topological polar surface area (TPSA) is 140 Å². The number of aliphatic carboxylic acids is 1. The maximum atomic E-state index is 12.5. The van der Waals surface area contributed by atoms with Gasteiger partial charge in [-0.05, 0) is 50.1 Å². The van der Waals surface area contributed by atoms with Gasteiger partial charge in [-0.2, -0.15) is 4.98 Å². The quantitative estimate of drug-likeness (QED) is 0.408. The third kappa shape index (κ3) is 6.83. The number of carbonyl (C=O) groups excluding carboxylic acids is 2. The largest absolute Gasteiger partial charge is 0.482 e. The van der Waals surface area contributed by atoms with Crippen molar-refractivity contribution in [1.82, 2.24) is 10.3 Å². The Kier molecular flexibility index (Phi) is 7.52. The number of hydrogen-bond donors (Lipinski definition) is 3. The second-order valence-corrected chi connectivity index (χ2v) is 8.07. The molecule has 0 saturated carbocycles. The normalized spacial score (nSPS) is 10.9. The van der Waals surface area contributed by atoms with Crippen molar-refractivity contribution < 1.29 is 33.4 Å². The second-order valence-electron chi connectivity index (χ2n) is 8.07. The Morgan fingerprint density at radius 1 is 1.09 bits per heavy atom. The molecule has 0 aliphatic rings. The molecule has 3 N–H and O–H groups in total. The van der Waals surface area contributed by atoms with Gasteiger partial charge in [-0.1, -0.05) is 24.3 Å². The molecule has 1 heterocycles. The number of rotatable bonds is 9. The molecule has 3 aromatic rings. The summed E-state index contributed by atoms with van der Waals surface area (Å²) < 4.78 is 15.5. The maximum Gasteiger partial charge on any atom is 0.393 e. The number of nitrogens with one attached hydrogen (secondary N) is 2. The number of anilines is 1. The molecule has 178 valence electrons. The highest BCUT2D eigenvalue weighted by Crippen LogP contribution is 2.25. The zero-order valence-corrected chi connectivity index (χ0v) is 19.0. The van der Waals surface area contributed by atoms with Gasteiger partial charge in [0.1, 0.15) is 5.75 Å². The third-order valence-corrected chi connectivity index (χ3v) is 4.65. The van der Waals surface area contributed by atoms with Crippen LogP contribution in [-0.4, -0.2) is 47.1 Å². The number of carboxylic acids is 1. The number of carboxylic acid groups (broad SMARTS) is 1. The van der Waals surface area contributed by atoms with Crippen molar-refractivity contribution in [3.05, 3.63) is 60.3 Å². The predicted octanol–water partition coefficient (Wildman–Crippen LogP) is 2.89. The number of benzene rings is 2. The molecule has 1 aromatic heterocycles. The molecular weight excluding hydrogens is 442 g/mol. The van der Waals surface area contributed by atoms with Gasteiger partial charge in [-0.3, -0.25) is 9.59 Å². The Morgan fingerprint density at radius 3 is 2.47 bits per heavy atom. The molecule has 0 saturated heterocycles. The van der Waals surface area contributed by atoms with Crippen LogP contribution in [0.25, 0.3) is 11.3 Å². The van der Waals surface area contributed by atoms with E-state index in [1.165, 1.54) is 13.3 Å². The summed E-state index contributed by atoms with van der Waals surface area (Å²) in [7, 11) is 1.44. The number of nitrogens with zero attached hydrogens (tertiary/aromatic N) is 1. The fraction of sp³-hybridized carbons (Fsp3) is 0.250. The standard InChI is InChI=1S/C24H25N3O7/c1-24(2,12-15-7-9-18(10-8-15)33-14-20(28)29)27-22(31)21(30)26-17-6-4-5-16(11-17)19-13-25-23(32-3)34-19/h4-11,13H,12,14H2,1-3H3,(H,26,30)(H,27,31)(H,28,29). The Balaban J connectivity index is 1.57. The SMILES string of the molecule is COc1ncc(-c2cccc(NC(=O)C(=O)NC(C)(C)Cc3ccc(OCC(=O)O)cc3)c2)o1. The van der Waals surface area contributed by atoms with Crippen LogP contribution in [0.3, 0.4) is 0 Å². The van der Waals surface area contributed by atoms with Gasteiger partial charge in [-0.25, -0.2) is 4.79 Å². The van der Waals surface area contributed by atoms with Crippen molar-refractivity contribution in [2.75, 3.05) is 19.0 Å². The van der Waals surface area contributed by atoms with Gasteiger partial charge >= 0.3 is 23.9 Å². The Morgan fingerprint density at radius 2 is 1.82 bits per heavy atom. The lowest BCUT2D eigenvalue weighted by molar-refractivity contribution is -0.139. The lowest BCUT2D eigenvalue weighted by atomic mass is 9.95. The van der Waals surface area contributed by atoms with Crippen molar-refractivity contribution in [3.8, 4) is 23.1 Å². The van der Waals surface area contributed by atoms with Gasteiger partial charge < -0.3 is 29.6 Å². The number of hydrogen-bond acceptors (Lipinski definition) is 7. The first kappa shape index (κ1) is 24.3. The molecule has 10 heteroatoms. The van der Waals surface area contributed by atoms with E-state index in [9.17, 15) is 14.4 Å². The first-order valence-electron chi connectivity index (χ1n) is 10.3. The Labute approximate surface area is 195 Å². The predicted molar refractivity (Wildman–Crippen MR) is 123 cm³/mol. The van der Waals surface area contributed by atoms with E-state index in [1.54, 1.807) is 62.4 Å². The fourth-order valence-electron chi connectivity index (χ4n) is 3.19. The molecule has 0 spiro atoms. The zero-order chi connectivity index (χ0) is 24.7. The first-order chi connectivity index (χ1) is 16.1. The van der Waals surface area contributed by atoms with E-state index >= 15 is 0 Å². The molecule has 0 atom stereocenters. The summed E-state index contributed by atoms with van der Waals surface area (Å²) in [5.74, 6) is -1.76. The van der Waals surface area contributed by atoms with Gasteiger partial charge in [0.2, 0.25) is 0 Å². The summed E-state index contributed by atoms with van der Waals surface area (Å²) in [6.45, 7) is 3.17. The van der Waals surface area contributed by atoms with Gasteiger partial charge in [-0.15, -0.1) is 0 Å². The molecule has 34 heavy (non-hydrogen) atoms. The molecule has 0 bridgehead atoms. The molecule has 2 aromatic carbocycles. The van der Waals surface area contributed by atoms with Crippen LogP contribution in [0, 0.1) is 0 Å². The summed E-state index contributed by atoms with van der Waals surface area (Å²) in [4.78, 5) is 39.5. The maximum absolute atomic E-state index is 12.5. The summed E-state index contributed by atoms with van der Waals surface area (Å²) in [5.41, 5.74) is 1.23. The monoisotopic (exact) mass is 467 g/mol. The van der Waals surface area contributed by atoms with Crippen LogP contribution in [0.2, 0.25) is 0 Å². The van der Waals surface area contributed by atoms with E-state index in [-0.39, 0.29) is 6.08 Å². The molecule has 3 rings (SSSR count). The third-order valence-electron chi connectivity index (χ3n) is 4.65. The van der Waals surface area contributed by atoms with Crippen molar-refractivity contribution in [2.45, 2.75) is 25.8 Å². The average molecular weight is 467 g/mol. The molecule has 10 nitrogen and oxygen atoms in total. The Bertz CT molecular complexity index is 1170. The average Bonchev–Trinajstić information content (AvgIpc) is 3.27. The van der Waals surface area contributed by atoms with E-state index < -0.39 is 29.9 Å². The van der Waals surface area contributed by atoms with Crippen molar-refractivity contribution >= 4 is 23.5 Å². The van der Waals surface area contributed by atoms with Crippen molar-refractivity contribution in [2.24, 2.45) is 0 Å². The van der Waals surface area contributed by atoms with Gasteiger partial charge in [0.05, 0.1) is 13.3 Å². The lowest BCUT2D eigenvalue weighted by Crippen LogP contribution is -2.49. The smallest absolute Gasteiger partial charge is 0.393 e. The van der Waals surface area contributed by atoms with Crippen LogP contribution >= 0.6 is 0 Å². The Hall–Kier alpha value is -4.34. The molecular formula is C24H25N3O7. The van der Waals surface area contributed by atoms with E-state index in [0.717, 1.165) is 5.56 Å². The lowest BCUT2D eigenvalue weighted by Gasteiger charge is -2.26. The van der Waals surface area contributed by atoms with Gasteiger partial charge in [0, 0.05) is 16.8 Å². The molecule has 0 fully saturated rings. The molecule has 0 unspecified atom stereocenters. The first-order valence-corrected chi connectivity index (χ1v) is 10.3. The number of aromatic nitrogens is 1. The highest BCUT2D eigenvalue weighted by molar-refractivity contribution is 6.39. The van der Waals surface area contributed by atoms with Crippen LogP contribution in [0.4, 0.5) is 5.69 Å². The summed E-state index contributed by atoms with van der Waals surface area (Å²) in [6.07, 6.45) is 2.06. The number of carbonyl (C=O) groups is 3. The number of ether oxygens (including phenoxy) is 2. The van der Waals surface area contributed by atoms with Crippen LogP contribution in [0.5, 0.6) is 11.8 Å². The van der Waals surface area contributed by atoms with E-state index in [4.69, 9.17) is 19.0 Å². The number of methoxy groups -OCH3 is 1. The minimum Gasteiger partial charge on any atom is -0.482 e. The molecule has 0 aliphatic carbocycles. The summed E-state index contributed by atoms with van der Waals surface area (Å²) >= 11 is 0. The van der Waals surface area contributed by atoms with Crippen molar-refractivity contribution in [1.29, 1.82) is 0 Å². The minimum atomic E-state index is -1.06. The van der Waals surface area contributed by atoms with Gasteiger partial charge in [0.15, 0.2) is 12.4 Å². The van der Waals surface area contributed by atoms with E-state index in [0.29, 0.717) is 29.2 Å². The number of oxazole rings is 1. The minimum absolute atomic E-state index is 0.119. The molecule has 0 radical (unpaired) electrons. The fourth-order valence-corrected chi connectivity index (χ4v) is 3.19. The molecule has 2 amide bonds. The van der Waals surface area contributed by atoms with E-state index in [2.05, 4.69) is 15.6 Å². The van der Waals surface area contributed by atoms with Crippen LogP contribution in [-0.2, 0) is 20.8 Å². The summed E-state index contributed by atoms with van der Waals surface area (Å²) in [5, 5.41) is 14.0. The van der Waals surface area contributed by atoms with Crippen LogP contribution < -0.4 is 20.1 Å². The van der Waals surface area contributed by atoms with Gasteiger partial charge in [0.25, 0.3) is 0 Å². The van der Waals surface area contributed by atoms with Crippen LogP contribution in [0.1, 0.15) is 19.4 Å². The highest BCUT2D eigenvalue weighted by atomic mass is 16.6.